The second-order valence-electron chi connectivity index (χ2n) is 5.68. The quantitative estimate of drug-likeness (QED) is 0.833. The number of aryl methyl sites for hydroxylation is 1. The molecule has 0 aromatic heterocycles. The summed E-state index contributed by atoms with van der Waals surface area (Å²) >= 11 is 0. The van der Waals surface area contributed by atoms with E-state index in [1.807, 2.05) is 24.3 Å². The maximum absolute atomic E-state index is 13.2. The lowest BCUT2D eigenvalue weighted by atomic mass is 10.2. The predicted molar refractivity (Wildman–Crippen MR) is 84.2 cm³/mol. The van der Waals surface area contributed by atoms with Gasteiger partial charge in [0.2, 0.25) is 0 Å². The number of ether oxygens (including phenoxy) is 1. The van der Waals surface area contributed by atoms with Crippen LogP contribution < -0.4 is 10.1 Å². The zero-order valence-corrected chi connectivity index (χ0v) is 12.8. The molecule has 0 saturated carbocycles. The molecule has 0 heterocycles. The molecule has 0 aliphatic carbocycles. The molecule has 0 spiro atoms. The average Bonchev–Trinajstić information content (AvgIpc) is 2.44. The topological polar surface area (TPSA) is 21.3 Å². The first-order chi connectivity index (χ1) is 10.0. The zero-order valence-electron chi connectivity index (χ0n) is 12.8. The Hall–Kier alpha value is -1.87. The third-order valence-electron chi connectivity index (χ3n) is 3.17. The third kappa shape index (κ3) is 4.87. The molecule has 0 fully saturated rings. The molecule has 2 aromatic rings. The highest BCUT2D eigenvalue weighted by atomic mass is 19.1. The Balaban J connectivity index is 1.94. The lowest BCUT2D eigenvalue weighted by molar-refractivity contribution is 0.479. The van der Waals surface area contributed by atoms with E-state index >= 15 is 0 Å². The standard InChI is InChI=1S/C18H22FNO/c1-13(2)11-20-12-15-4-6-16(7-5-15)21-17-8-9-18(19)14(3)10-17/h4-10,13,20H,11-12H2,1-3H3. The van der Waals surface area contributed by atoms with E-state index in [-0.39, 0.29) is 5.82 Å². The second kappa shape index (κ2) is 7.23. The summed E-state index contributed by atoms with van der Waals surface area (Å²) in [4.78, 5) is 0. The molecule has 112 valence electrons. The number of hydrogen-bond donors (Lipinski definition) is 1. The SMILES string of the molecule is Cc1cc(Oc2ccc(CNCC(C)C)cc2)ccc1F. The highest BCUT2D eigenvalue weighted by Crippen LogP contribution is 2.23. The summed E-state index contributed by atoms with van der Waals surface area (Å²) in [5.41, 5.74) is 1.81. The molecular weight excluding hydrogens is 265 g/mol. The van der Waals surface area contributed by atoms with Crippen molar-refractivity contribution < 1.29 is 9.13 Å². The summed E-state index contributed by atoms with van der Waals surface area (Å²) in [7, 11) is 0. The minimum absolute atomic E-state index is 0.214. The molecule has 2 aromatic carbocycles. The fourth-order valence-corrected chi connectivity index (χ4v) is 2.00. The van der Waals surface area contributed by atoms with Gasteiger partial charge in [-0.25, -0.2) is 4.39 Å². The molecule has 0 aliphatic heterocycles. The number of halogens is 1. The molecule has 0 bridgehead atoms. The van der Waals surface area contributed by atoms with Crippen LogP contribution in [0.1, 0.15) is 25.0 Å². The van der Waals surface area contributed by atoms with Gasteiger partial charge in [0, 0.05) is 6.54 Å². The average molecular weight is 287 g/mol. The Morgan fingerprint density at radius 1 is 1.05 bits per heavy atom. The van der Waals surface area contributed by atoms with Gasteiger partial charge >= 0.3 is 0 Å². The molecule has 0 radical (unpaired) electrons. The summed E-state index contributed by atoms with van der Waals surface area (Å²) in [6, 6.07) is 12.7. The van der Waals surface area contributed by atoms with Gasteiger partial charge < -0.3 is 10.1 Å². The van der Waals surface area contributed by atoms with Crippen LogP contribution in [-0.2, 0) is 6.54 Å². The van der Waals surface area contributed by atoms with Crippen molar-refractivity contribution in [3.05, 3.63) is 59.4 Å². The van der Waals surface area contributed by atoms with Crippen LogP contribution in [0.25, 0.3) is 0 Å². The fourth-order valence-electron chi connectivity index (χ4n) is 2.00. The molecule has 3 heteroatoms. The van der Waals surface area contributed by atoms with Crippen molar-refractivity contribution in [2.24, 2.45) is 5.92 Å². The normalized spacial score (nSPS) is 10.9. The van der Waals surface area contributed by atoms with Crippen molar-refractivity contribution in [2.75, 3.05) is 6.54 Å². The maximum atomic E-state index is 13.2. The van der Waals surface area contributed by atoms with Crippen molar-refractivity contribution in [1.82, 2.24) is 5.32 Å². The van der Waals surface area contributed by atoms with Crippen molar-refractivity contribution in [2.45, 2.75) is 27.3 Å². The molecule has 0 saturated heterocycles. The third-order valence-corrected chi connectivity index (χ3v) is 3.17. The van der Waals surface area contributed by atoms with E-state index in [9.17, 15) is 4.39 Å². The molecule has 0 unspecified atom stereocenters. The Morgan fingerprint density at radius 2 is 1.71 bits per heavy atom. The first-order valence-electron chi connectivity index (χ1n) is 7.28. The van der Waals surface area contributed by atoms with Crippen LogP contribution in [0.4, 0.5) is 4.39 Å². The Kier molecular flexibility index (Phi) is 5.34. The van der Waals surface area contributed by atoms with Crippen LogP contribution in [-0.4, -0.2) is 6.54 Å². The van der Waals surface area contributed by atoms with Crippen molar-refractivity contribution >= 4 is 0 Å². The zero-order chi connectivity index (χ0) is 15.2. The van der Waals surface area contributed by atoms with Crippen LogP contribution in [0.15, 0.2) is 42.5 Å². The van der Waals surface area contributed by atoms with Crippen molar-refractivity contribution in [3.63, 3.8) is 0 Å². The largest absolute Gasteiger partial charge is 0.457 e. The van der Waals surface area contributed by atoms with Crippen LogP contribution >= 0.6 is 0 Å². The van der Waals surface area contributed by atoms with E-state index in [1.54, 1.807) is 19.1 Å². The Morgan fingerprint density at radius 3 is 2.33 bits per heavy atom. The highest BCUT2D eigenvalue weighted by Gasteiger charge is 2.02. The lowest BCUT2D eigenvalue weighted by Crippen LogP contribution is -2.18. The molecule has 0 amide bonds. The van der Waals surface area contributed by atoms with Crippen LogP contribution in [0.5, 0.6) is 11.5 Å². The summed E-state index contributed by atoms with van der Waals surface area (Å²) in [5.74, 6) is 1.84. The van der Waals surface area contributed by atoms with Gasteiger partial charge in [0.05, 0.1) is 0 Å². The Labute approximate surface area is 126 Å². The fraction of sp³-hybridized carbons (Fsp3) is 0.333. The number of nitrogens with one attached hydrogen (secondary N) is 1. The van der Waals surface area contributed by atoms with Gasteiger partial charge in [-0.1, -0.05) is 26.0 Å². The maximum Gasteiger partial charge on any atom is 0.127 e. The minimum Gasteiger partial charge on any atom is -0.457 e. The van der Waals surface area contributed by atoms with Crippen LogP contribution in [0.3, 0.4) is 0 Å². The number of rotatable bonds is 6. The number of benzene rings is 2. The van der Waals surface area contributed by atoms with Gasteiger partial charge in [-0.3, -0.25) is 0 Å². The molecule has 1 N–H and O–H groups in total. The molecule has 21 heavy (non-hydrogen) atoms. The monoisotopic (exact) mass is 287 g/mol. The van der Waals surface area contributed by atoms with Gasteiger partial charge in [0.1, 0.15) is 17.3 Å². The predicted octanol–water partition coefficient (Wildman–Crippen LogP) is 4.67. The summed E-state index contributed by atoms with van der Waals surface area (Å²) < 4.78 is 18.9. The molecular formula is C18H22FNO. The molecule has 0 aliphatic rings. The minimum atomic E-state index is -0.214. The summed E-state index contributed by atoms with van der Waals surface area (Å²) in [5, 5.41) is 3.40. The van der Waals surface area contributed by atoms with E-state index < -0.39 is 0 Å². The summed E-state index contributed by atoms with van der Waals surface area (Å²) in [6.07, 6.45) is 0. The molecule has 2 rings (SSSR count). The van der Waals surface area contributed by atoms with Gasteiger partial charge in [-0.15, -0.1) is 0 Å². The molecule has 0 atom stereocenters. The van der Waals surface area contributed by atoms with Crippen molar-refractivity contribution in [1.29, 1.82) is 0 Å². The first kappa shape index (κ1) is 15.5. The lowest BCUT2D eigenvalue weighted by Gasteiger charge is -2.09. The van der Waals surface area contributed by atoms with Crippen LogP contribution in [0, 0.1) is 18.7 Å². The highest BCUT2D eigenvalue weighted by molar-refractivity contribution is 5.35. The van der Waals surface area contributed by atoms with E-state index in [4.69, 9.17) is 4.74 Å². The second-order valence-corrected chi connectivity index (χ2v) is 5.68. The first-order valence-corrected chi connectivity index (χ1v) is 7.28. The van der Waals surface area contributed by atoms with E-state index in [0.29, 0.717) is 17.2 Å². The Bertz CT molecular complexity index is 578. The van der Waals surface area contributed by atoms with Gasteiger partial charge in [-0.05, 0) is 60.8 Å². The van der Waals surface area contributed by atoms with E-state index in [0.717, 1.165) is 18.8 Å². The number of hydrogen-bond acceptors (Lipinski definition) is 2. The molecule has 2 nitrogen and oxygen atoms in total. The summed E-state index contributed by atoms with van der Waals surface area (Å²) in [6.45, 7) is 7.97. The van der Waals surface area contributed by atoms with Gasteiger partial charge in [0.25, 0.3) is 0 Å². The van der Waals surface area contributed by atoms with E-state index in [1.165, 1.54) is 11.6 Å². The van der Waals surface area contributed by atoms with Crippen LogP contribution in [0.2, 0.25) is 0 Å². The smallest absolute Gasteiger partial charge is 0.127 e. The van der Waals surface area contributed by atoms with Gasteiger partial charge in [-0.2, -0.15) is 0 Å². The van der Waals surface area contributed by atoms with E-state index in [2.05, 4.69) is 19.2 Å². The van der Waals surface area contributed by atoms with Crippen molar-refractivity contribution in [3.8, 4) is 11.5 Å². The van der Waals surface area contributed by atoms with Gasteiger partial charge in [0.15, 0.2) is 0 Å².